The molecule has 0 aromatic carbocycles. The van der Waals surface area contributed by atoms with Gasteiger partial charge in [0.05, 0.1) is 11.8 Å². The molecule has 114 valence electrons. The molecule has 1 aromatic rings. The van der Waals surface area contributed by atoms with E-state index in [0.717, 1.165) is 6.54 Å². The topological polar surface area (TPSA) is 84.7 Å². The molecule has 0 spiro atoms. The molecule has 2 N–H and O–H groups in total. The van der Waals surface area contributed by atoms with Gasteiger partial charge in [0, 0.05) is 18.6 Å². The molecule has 0 saturated heterocycles. The number of hydrogen-bond acceptors (Lipinski definition) is 6. The Morgan fingerprint density at radius 1 is 1.45 bits per heavy atom. The van der Waals surface area contributed by atoms with Crippen LogP contribution in [0.15, 0.2) is 5.16 Å². The summed E-state index contributed by atoms with van der Waals surface area (Å²) in [5.41, 5.74) is 0.0651. The molecule has 0 bridgehead atoms. The Labute approximate surface area is 124 Å². The second-order valence-corrected chi connectivity index (χ2v) is 6.82. The molecule has 1 atom stereocenters. The molecule has 1 unspecified atom stereocenters. The number of hydrogen-bond donors (Lipinski definition) is 2. The average molecular weight is 300 g/mol. The summed E-state index contributed by atoms with van der Waals surface area (Å²) in [5, 5.41) is 18.2. The quantitative estimate of drug-likeness (QED) is 0.720. The van der Waals surface area contributed by atoms with Crippen molar-refractivity contribution in [2.45, 2.75) is 57.1 Å². The largest absolute Gasteiger partial charge is 0.355 e. The van der Waals surface area contributed by atoms with Gasteiger partial charge in [-0.3, -0.25) is 4.79 Å². The molecular formula is C12H24N6OS. The minimum Gasteiger partial charge on any atom is -0.355 e. The lowest BCUT2D eigenvalue weighted by molar-refractivity contribution is -0.120. The summed E-state index contributed by atoms with van der Waals surface area (Å²) in [4.78, 5) is 11.7. The molecule has 1 heterocycles. The van der Waals surface area contributed by atoms with E-state index in [4.69, 9.17) is 0 Å². The van der Waals surface area contributed by atoms with Crippen LogP contribution < -0.4 is 10.6 Å². The fourth-order valence-corrected chi connectivity index (χ4v) is 2.33. The lowest BCUT2D eigenvalue weighted by atomic mass is 10.1. The number of nitrogens with one attached hydrogen (secondary N) is 2. The maximum atomic E-state index is 11.7. The highest BCUT2D eigenvalue weighted by molar-refractivity contribution is 8.00. The van der Waals surface area contributed by atoms with E-state index in [9.17, 15) is 4.79 Å². The Morgan fingerprint density at radius 2 is 2.15 bits per heavy atom. The number of carbonyl (C=O) groups is 1. The third kappa shape index (κ3) is 5.87. The van der Waals surface area contributed by atoms with Gasteiger partial charge in [-0.15, -0.1) is 5.10 Å². The summed E-state index contributed by atoms with van der Waals surface area (Å²) in [7, 11) is 0. The van der Waals surface area contributed by atoms with Gasteiger partial charge in [-0.2, -0.15) is 0 Å². The van der Waals surface area contributed by atoms with Gasteiger partial charge in [0.1, 0.15) is 0 Å². The molecule has 0 saturated carbocycles. The van der Waals surface area contributed by atoms with Crippen LogP contribution in [0.2, 0.25) is 0 Å². The standard InChI is InChI=1S/C12H24N6OS/c1-6-13-10(19)9(2)20-11-15-16-17-18(11)8-7-14-12(3,4)5/h9,14H,6-8H2,1-5H3,(H,13,19). The summed E-state index contributed by atoms with van der Waals surface area (Å²) in [6.07, 6.45) is 0. The fraction of sp³-hybridized carbons (Fsp3) is 0.833. The first kappa shape index (κ1) is 16.9. The van der Waals surface area contributed by atoms with Crippen LogP contribution in [-0.4, -0.2) is 50.0 Å². The van der Waals surface area contributed by atoms with Gasteiger partial charge >= 0.3 is 0 Å². The van der Waals surface area contributed by atoms with E-state index in [1.165, 1.54) is 11.8 Å². The molecule has 1 amide bonds. The Bertz CT molecular complexity index is 428. The molecule has 7 nitrogen and oxygen atoms in total. The number of rotatable bonds is 7. The first-order valence-corrected chi connectivity index (χ1v) is 7.67. The maximum absolute atomic E-state index is 11.7. The molecule has 0 aliphatic carbocycles. The normalized spacial score (nSPS) is 13.2. The maximum Gasteiger partial charge on any atom is 0.233 e. The minimum absolute atomic E-state index is 0.000124. The Kier molecular flexibility index (Phi) is 6.41. The lowest BCUT2D eigenvalue weighted by Gasteiger charge is -2.20. The number of amides is 1. The van der Waals surface area contributed by atoms with Gasteiger partial charge in [0.2, 0.25) is 11.1 Å². The van der Waals surface area contributed by atoms with Crippen LogP contribution in [-0.2, 0) is 11.3 Å². The molecular weight excluding hydrogens is 276 g/mol. The second kappa shape index (κ2) is 7.58. The zero-order valence-electron chi connectivity index (χ0n) is 12.8. The predicted molar refractivity (Wildman–Crippen MR) is 79.6 cm³/mol. The van der Waals surface area contributed by atoms with E-state index >= 15 is 0 Å². The molecule has 1 rings (SSSR count). The van der Waals surface area contributed by atoms with Crippen molar-refractivity contribution in [1.82, 2.24) is 30.8 Å². The summed E-state index contributed by atoms with van der Waals surface area (Å²) in [6, 6.07) is 0. The van der Waals surface area contributed by atoms with E-state index in [0.29, 0.717) is 18.2 Å². The molecule has 20 heavy (non-hydrogen) atoms. The smallest absolute Gasteiger partial charge is 0.233 e. The van der Waals surface area contributed by atoms with Gasteiger partial charge in [-0.1, -0.05) is 11.8 Å². The van der Waals surface area contributed by atoms with Crippen molar-refractivity contribution in [3.63, 3.8) is 0 Å². The second-order valence-electron chi connectivity index (χ2n) is 5.52. The molecule has 8 heteroatoms. The molecule has 1 aromatic heterocycles. The van der Waals surface area contributed by atoms with E-state index in [2.05, 4.69) is 46.9 Å². The third-order valence-electron chi connectivity index (χ3n) is 2.48. The van der Waals surface area contributed by atoms with Crippen molar-refractivity contribution < 1.29 is 4.79 Å². The first-order chi connectivity index (χ1) is 9.33. The highest BCUT2D eigenvalue weighted by atomic mass is 32.2. The number of thioether (sulfide) groups is 1. The van der Waals surface area contributed by atoms with Crippen molar-refractivity contribution in [2.75, 3.05) is 13.1 Å². The zero-order valence-corrected chi connectivity index (χ0v) is 13.6. The van der Waals surface area contributed by atoms with Gasteiger partial charge in [-0.25, -0.2) is 4.68 Å². The summed E-state index contributed by atoms with van der Waals surface area (Å²) in [6.45, 7) is 12.2. The van der Waals surface area contributed by atoms with Crippen LogP contribution in [0.25, 0.3) is 0 Å². The summed E-state index contributed by atoms with van der Waals surface area (Å²) < 4.78 is 1.72. The van der Waals surface area contributed by atoms with Crippen LogP contribution in [0.1, 0.15) is 34.6 Å². The Morgan fingerprint density at radius 3 is 2.75 bits per heavy atom. The predicted octanol–water partition coefficient (Wildman–Crippen LogP) is 0.678. The highest BCUT2D eigenvalue weighted by Crippen LogP contribution is 2.19. The molecule has 0 radical (unpaired) electrons. The molecule has 0 fully saturated rings. The highest BCUT2D eigenvalue weighted by Gasteiger charge is 2.18. The van der Waals surface area contributed by atoms with Crippen molar-refractivity contribution in [3.05, 3.63) is 0 Å². The van der Waals surface area contributed by atoms with Crippen LogP contribution in [0.3, 0.4) is 0 Å². The van der Waals surface area contributed by atoms with E-state index in [-0.39, 0.29) is 16.7 Å². The van der Waals surface area contributed by atoms with Crippen molar-refractivity contribution in [3.8, 4) is 0 Å². The van der Waals surface area contributed by atoms with Gasteiger partial charge < -0.3 is 10.6 Å². The Hall–Kier alpha value is -1.15. The van der Waals surface area contributed by atoms with E-state index in [1.54, 1.807) is 4.68 Å². The minimum atomic E-state index is -0.213. The van der Waals surface area contributed by atoms with Gasteiger partial charge in [0.25, 0.3) is 0 Å². The lowest BCUT2D eigenvalue weighted by Crippen LogP contribution is -2.38. The van der Waals surface area contributed by atoms with E-state index < -0.39 is 0 Å². The SMILES string of the molecule is CCNC(=O)C(C)Sc1nnnn1CCNC(C)(C)C. The third-order valence-corrected chi connectivity index (χ3v) is 3.55. The monoisotopic (exact) mass is 300 g/mol. The van der Waals surface area contributed by atoms with Crippen molar-refractivity contribution in [1.29, 1.82) is 0 Å². The summed E-state index contributed by atoms with van der Waals surface area (Å²) in [5.74, 6) is -0.000124. The first-order valence-electron chi connectivity index (χ1n) is 6.79. The average Bonchev–Trinajstić information content (AvgIpc) is 2.75. The van der Waals surface area contributed by atoms with Crippen LogP contribution in [0.5, 0.6) is 0 Å². The van der Waals surface area contributed by atoms with Crippen molar-refractivity contribution in [2.24, 2.45) is 0 Å². The molecule has 0 aliphatic heterocycles. The molecule has 0 aliphatic rings. The Balaban J connectivity index is 2.52. The van der Waals surface area contributed by atoms with Gasteiger partial charge in [0.15, 0.2) is 0 Å². The zero-order chi connectivity index (χ0) is 15.2. The van der Waals surface area contributed by atoms with Crippen LogP contribution in [0.4, 0.5) is 0 Å². The number of aromatic nitrogens is 4. The van der Waals surface area contributed by atoms with Crippen molar-refractivity contribution >= 4 is 17.7 Å². The number of nitrogens with zero attached hydrogens (tertiary/aromatic N) is 4. The fourth-order valence-electron chi connectivity index (χ4n) is 1.49. The summed E-state index contributed by atoms with van der Waals surface area (Å²) >= 11 is 1.37. The van der Waals surface area contributed by atoms with Gasteiger partial charge in [-0.05, 0) is 45.0 Å². The van der Waals surface area contributed by atoms with E-state index in [1.807, 2.05) is 13.8 Å². The number of carbonyl (C=O) groups excluding carboxylic acids is 1. The van der Waals surface area contributed by atoms with Crippen LogP contribution >= 0.6 is 11.8 Å². The number of tetrazole rings is 1. The van der Waals surface area contributed by atoms with Crippen LogP contribution in [0, 0.1) is 0 Å².